The second-order valence-electron chi connectivity index (χ2n) is 6.01. The molecule has 1 aliphatic heterocycles. The molecule has 132 valence electrons. The first-order chi connectivity index (χ1) is 10.1. The van der Waals surface area contributed by atoms with Crippen molar-refractivity contribution in [2.75, 3.05) is 26.2 Å². The maximum absolute atomic E-state index is 13.3. The predicted molar refractivity (Wildman–Crippen MR) is 90.5 cm³/mol. The average Bonchev–Trinajstić information content (AvgIpc) is 2.43. The summed E-state index contributed by atoms with van der Waals surface area (Å²) >= 11 is 0. The van der Waals surface area contributed by atoms with Crippen LogP contribution < -0.4 is 5.32 Å². The van der Waals surface area contributed by atoms with Crippen molar-refractivity contribution >= 4 is 24.8 Å². The van der Waals surface area contributed by atoms with E-state index >= 15 is 0 Å². The zero-order valence-electron chi connectivity index (χ0n) is 12.8. The number of nitrogens with zero attached hydrogens (tertiary/aromatic N) is 1. The highest BCUT2D eigenvalue weighted by atomic mass is 35.5. The molecule has 1 saturated carbocycles. The average molecular weight is 371 g/mol. The van der Waals surface area contributed by atoms with Crippen molar-refractivity contribution in [3.63, 3.8) is 0 Å². The van der Waals surface area contributed by atoms with Gasteiger partial charge in [0.1, 0.15) is 0 Å². The van der Waals surface area contributed by atoms with Crippen molar-refractivity contribution in [3.8, 4) is 0 Å². The van der Waals surface area contributed by atoms with E-state index in [2.05, 4.69) is 10.2 Å². The zero-order chi connectivity index (χ0) is 14.9. The first-order valence-electron chi connectivity index (χ1n) is 7.68. The molecular formula is C16H23Cl2F3N2. The normalized spacial score (nSPS) is 20.8. The Morgan fingerprint density at radius 2 is 1.65 bits per heavy atom. The van der Waals surface area contributed by atoms with E-state index < -0.39 is 11.7 Å². The van der Waals surface area contributed by atoms with Gasteiger partial charge in [-0.05, 0) is 30.4 Å². The van der Waals surface area contributed by atoms with Gasteiger partial charge in [0.25, 0.3) is 0 Å². The summed E-state index contributed by atoms with van der Waals surface area (Å²) in [4.78, 5) is 2.24. The molecule has 0 radical (unpaired) electrons. The molecule has 1 aromatic rings. The lowest BCUT2D eigenvalue weighted by Gasteiger charge is -2.44. The zero-order valence-corrected chi connectivity index (χ0v) is 14.4. The van der Waals surface area contributed by atoms with Crippen molar-refractivity contribution in [2.45, 2.75) is 31.5 Å². The molecule has 2 aliphatic rings. The molecule has 1 aromatic carbocycles. The number of nitrogens with one attached hydrogen (secondary N) is 1. The predicted octanol–water partition coefficient (Wildman–Crippen LogP) is 4.30. The quantitative estimate of drug-likeness (QED) is 0.853. The van der Waals surface area contributed by atoms with Crippen LogP contribution in [0.25, 0.3) is 0 Å². The van der Waals surface area contributed by atoms with Gasteiger partial charge in [-0.15, -0.1) is 24.8 Å². The third-order valence-electron chi connectivity index (χ3n) is 4.73. The third kappa shape index (κ3) is 4.53. The Morgan fingerprint density at radius 3 is 2.17 bits per heavy atom. The van der Waals surface area contributed by atoms with Crippen LogP contribution in [0.3, 0.4) is 0 Å². The lowest BCUT2D eigenvalue weighted by molar-refractivity contribution is -0.139. The number of hydrogen-bond donors (Lipinski definition) is 1. The largest absolute Gasteiger partial charge is 0.416 e. The summed E-state index contributed by atoms with van der Waals surface area (Å²) in [7, 11) is 0. The Labute approximate surface area is 147 Å². The fourth-order valence-electron chi connectivity index (χ4n) is 3.48. The van der Waals surface area contributed by atoms with Crippen LogP contribution in [-0.4, -0.2) is 31.1 Å². The minimum absolute atomic E-state index is 0. The number of rotatable bonds is 3. The molecule has 0 unspecified atom stereocenters. The Balaban J connectivity index is 0.00000132. The Morgan fingerprint density at radius 1 is 1.04 bits per heavy atom. The monoisotopic (exact) mass is 370 g/mol. The van der Waals surface area contributed by atoms with E-state index in [1.807, 2.05) is 0 Å². The Bertz CT molecular complexity index is 486. The van der Waals surface area contributed by atoms with Crippen molar-refractivity contribution in [3.05, 3.63) is 35.4 Å². The van der Waals surface area contributed by atoms with Crippen molar-refractivity contribution in [2.24, 2.45) is 5.92 Å². The highest BCUT2D eigenvalue weighted by Gasteiger charge is 2.40. The maximum Gasteiger partial charge on any atom is 0.416 e. The molecule has 0 amide bonds. The van der Waals surface area contributed by atoms with E-state index in [4.69, 9.17) is 0 Å². The molecule has 0 spiro atoms. The molecule has 1 saturated heterocycles. The van der Waals surface area contributed by atoms with E-state index in [-0.39, 0.29) is 30.9 Å². The smallest absolute Gasteiger partial charge is 0.314 e. The second-order valence-corrected chi connectivity index (χ2v) is 6.01. The van der Waals surface area contributed by atoms with Gasteiger partial charge in [0.05, 0.1) is 5.56 Å². The van der Waals surface area contributed by atoms with Crippen molar-refractivity contribution in [1.82, 2.24) is 10.2 Å². The molecule has 2 fully saturated rings. The van der Waals surface area contributed by atoms with Gasteiger partial charge in [-0.2, -0.15) is 13.2 Å². The molecular weight excluding hydrogens is 348 g/mol. The summed E-state index contributed by atoms with van der Waals surface area (Å²) in [5.74, 6) is 0.367. The topological polar surface area (TPSA) is 15.3 Å². The van der Waals surface area contributed by atoms with Crippen LogP contribution in [0.4, 0.5) is 13.2 Å². The fraction of sp³-hybridized carbons (Fsp3) is 0.625. The van der Waals surface area contributed by atoms with Gasteiger partial charge in [-0.3, -0.25) is 4.90 Å². The fourth-order valence-corrected chi connectivity index (χ4v) is 3.48. The molecule has 23 heavy (non-hydrogen) atoms. The van der Waals surface area contributed by atoms with Gasteiger partial charge < -0.3 is 5.32 Å². The lowest BCUT2D eigenvalue weighted by Crippen LogP contribution is -2.48. The number of benzene rings is 1. The highest BCUT2D eigenvalue weighted by Crippen LogP contribution is 2.45. The maximum atomic E-state index is 13.3. The molecule has 7 heteroatoms. The van der Waals surface area contributed by atoms with Crippen LogP contribution in [0, 0.1) is 5.92 Å². The van der Waals surface area contributed by atoms with Gasteiger partial charge in [0.15, 0.2) is 0 Å². The molecule has 1 aliphatic carbocycles. The van der Waals surface area contributed by atoms with Gasteiger partial charge in [-0.25, -0.2) is 0 Å². The van der Waals surface area contributed by atoms with Gasteiger partial charge in [0.2, 0.25) is 0 Å². The van der Waals surface area contributed by atoms with Gasteiger partial charge in [0, 0.05) is 32.2 Å². The summed E-state index contributed by atoms with van der Waals surface area (Å²) < 4.78 is 40.0. The SMILES string of the molecule is Cl.Cl.FC(F)(F)c1ccccc1[C@H](C1CCC1)N1CCNCC1. The lowest BCUT2D eigenvalue weighted by atomic mass is 9.75. The molecule has 3 rings (SSSR count). The molecule has 0 bridgehead atoms. The number of alkyl halides is 3. The van der Waals surface area contributed by atoms with E-state index in [0.717, 1.165) is 45.4 Å². The van der Waals surface area contributed by atoms with Gasteiger partial charge in [-0.1, -0.05) is 24.6 Å². The number of hydrogen-bond acceptors (Lipinski definition) is 2. The van der Waals surface area contributed by atoms with Crippen LogP contribution in [0.5, 0.6) is 0 Å². The van der Waals surface area contributed by atoms with Crippen LogP contribution in [-0.2, 0) is 6.18 Å². The first kappa shape index (κ1) is 20.6. The van der Waals surface area contributed by atoms with E-state index in [1.165, 1.54) is 12.1 Å². The minimum atomic E-state index is -4.27. The van der Waals surface area contributed by atoms with Crippen molar-refractivity contribution < 1.29 is 13.2 Å². The standard InChI is InChI=1S/C16H21F3N2.2ClH/c17-16(18,19)14-7-2-1-6-13(14)15(12-4-3-5-12)21-10-8-20-9-11-21;;/h1-2,6-7,12,15,20H,3-5,8-11H2;2*1H/t15-;;/m0../s1. The van der Waals surface area contributed by atoms with E-state index in [9.17, 15) is 13.2 Å². The third-order valence-corrected chi connectivity index (χ3v) is 4.73. The molecule has 1 atom stereocenters. The molecule has 2 nitrogen and oxygen atoms in total. The van der Waals surface area contributed by atoms with E-state index in [0.29, 0.717) is 11.5 Å². The number of halogens is 5. The molecule has 1 heterocycles. The summed E-state index contributed by atoms with van der Waals surface area (Å²) in [6.45, 7) is 3.37. The summed E-state index contributed by atoms with van der Waals surface area (Å²) in [5, 5.41) is 3.28. The first-order valence-corrected chi connectivity index (χ1v) is 7.68. The summed E-state index contributed by atoms with van der Waals surface area (Å²) in [6.07, 6.45) is -1.05. The Kier molecular flexibility index (Phi) is 7.65. The number of piperazine rings is 1. The van der Waals surface area contributed by atoms with E-state index in [1.54, 1.807) is 12.1 Å². The van der Waals surface area contributed by atoms with Crippen LogP contribution in [0.1, 0.15) is 36.4 Å². The van der Waals surface area contributed by atoms with Crippen LogP contribution in [0.2, 0.25) is 0 Å². The van der Waals surface area contributed by atoms with Crippen LogP contribution >= 0.6 is 24.8 Å². The second kappa shape index (κ2) is 8.56. The van der Waals surface area contributed by atoms with Crippen molar-refractivity contribution in [1.29, 1.82) is 0 Å². The molecule has 1 N–H and O–H groups in total. The summed E-state index contributed by atoms with van der Waals surface area (Å²) in [5.41, 5.74) is 0.0111. The molecule has 0 aromatic heterocycles. The highest BCUT2D eigenvalue weighted by molar-refractivity contribution is 5.85. The summed E-state index contributed by atoms with van der Waals surface area (Å²) in [6, 6.07) is 6.04. The van der Waals surface area contributed by atoms with Gasteiger partial charge >= 0.3 is 6.18 Å². The minimum Gasteiger partial charge on any atom is -0.314 e. The van der Waals surface area contributed by atoms with Crippen LogP contribution in [0.15, 0.2) is 24.3 Å². The Hall–Kier alpha value is -0.490.